The molecular weight excluding hydrogens is 376 g/mol. The lowest BCUT2D eigenvalue weighted by Gasteiger charge is -2.28. The van der Waals surface area contributed by atoms with Crippen LogP contribution in [0.15, 0.2) is 42.5 Å². The Labute approximate surface area is 170 Å². The van der Waals surface area contributed by atoms with Gasteiger partial charge < -0.3 is 25.0 Å². The van der Waals surface area contributed by atoms with Crippen molar-refractivity contribution in [3.63, 3.8) is 0 Å². The molecule has 8 heteroatoms. The third kappa shape index (κ3) is 7.01. The summed E-state index contributed by atoms with van der Waals surface area (Å²) in [6, 6.07) is 12.0. The number of nitro groups is 1. The van der Waals surface area contributed by atoms with Gasteiger partial charge in [0.1, 0.15) is 18.5 Å². The number of nitrogens with one attached hydrogen (secondary N) is 1. The minimum absolute atomic E-state index is 0.0590. The molecule has 1 atom stereocenters. The summed E-state index contributed by atoms with van der Waals surface area (Å²) in [7, 11) is 1.62. The predicted octanol–water partition coefficient (Wildman–Crippen LogP) is 2.45. The highest BCUT2D eigenvalue weighted by atomic mass is 16.6. The molecule has 29 heavy (non-hydrogen) atoms. The first kappa shape index (κ1) is 22.6. The Hall–Kier alpha value is -2.68. The molecule has 2 aromatic rings. The number of rotatable bonds is 11. The molecule has 2 rings (SSSR count). The highest BCUT2D eigenvalue weighted by molar-refractivity contribution is 5.48. The molecule has 0 bridgehead atoms. The van der Waals surface area contributed by atoms with Gasteiger partial charge in [-0.05, 0) is 49.6 Å². The van der Waals surface area contributed by atoms with Crippen LogP contribution in [0.1, 0.15) is 25.0 Å². The van der Waals surface area contributed by atoms with E-state index in [2.05, 4.69) is 5.32 Å². The fourth-order valence-corrected chi connectivity index (χ4v) is 2.88. The van der Waals surface area contributed by atoms with Crippen molar-refractivity contribution < 1.29 is 24.6 Å². The zero-order chi connectivity index (χ0) is 21.4. The van der Waals surface area contributed by atoms with Crippen LogP contribution in [-0.2, 0) is 13.0 Å². The van der Waals surface area contributed by atoms with Crippen LogP contribution in [0.3, 0.4) is 0 Å². The molecule has 0 saturated carbocycles. The Kier molecular flexibility index (Phi) is 7.95. The zero-order valence-corrected chi connectivity index (χ0v) is 16.9. The average molecular weight is 404 g/mol. The third-order valence-electron chi connectivity index (χ3n) is 4.46. The van der Waals surface area contributed by atoms with E-state index in [1.165, 1.54) is 12.1 Å². The summed E-state index contributed by atoms with van der Waals surface area (Å²) in [6.07, 6.45) is -0.0964. The topological polar surface area (TPSA) is 114 Å². The number of nitro benzene ring substituents is 1. The number of aliphatic hydroxyl groups is 2. The Balaban J connectivity index is 1.87. The van der Waals surface area contributed by atoms with E-state index in [0.717, 1.165) is 17.7 Å². The number of hydrogen-bond acceptors (Lipinski definition) is 7. The fourth-order valence-electron chi connectivity index (χ4n) is 2.88. The number of aliphatic hydroxyl groups excluding tert-OH is 2. The Morgan fingerprint density at radius 1 is 1.17 bits per heavy atom. The van der Waals surface area contributed by atoms with Crippen LogP contribution < -0.4 is 14.8 Å². The van der Waals surface area contributed by atoms with Gasteiger partial charge in [-0.25, -0.2) is 0 Å². The highest BCUT2D eigenvalue weighted by Gasteiger charge is 2.21. The summed E-state index contributed by atoms with van der Waals surface area (Å²) < 4.78 is 10.6. The van der Waals surface area contributed by atoms with Gasteiger partial charge in [0.05, 0.1) is 18.6 Å². The summed E-state index contributed by atoms with van der Waals surface area (Å²) in [5.74, 6) is 0.858. The first-order chi connectivity index (χ1) is 13.7. The number of nitrogens with zero attached hydrogens (tertiary/aromatic N) is 1. The first-order valence-corrected chi connectivity index (χ1v) is 9.31. The molecule has 0 radical (unpaired) electrons. The highest BCUT2D eigenvalue weighted by Crippen LogP contribution is 2.28. The number of hydrogen-bond donors (Lipinski definition) is 3. The van der Waals surface area contributed by atoms with Gasteiger partial charge in [-0.2, -0.15) is 0 Å². The van der Waals surface area contributed by atoms with Gasteiger partial charge in [0.25, 0.3) is 0 Å². The van der Waals surface area contributed by atoms with Crippen molar-refractivity contribution in [1.29, 1.82) is 0 Å². The van der Waals surface area contributed by atoms with E-state index in [-0.39, 0.29) is 36.7 Å². The number of methoxy groups -OCH3 is 1. The van der Waals surface area contributed by atoms with Crippen LogP contribution in [0, 0.1) is 10.1 Å². The second-order valence-corrected chi connectivity index (χ2v) is 7.47. The summed E-state index contributed by atoms with van der Waals surface area (Å²) >= 11 is 0. The summed E-state index contributed by atoms with van der Waals surface area (Å²) in [5, 5.41) is 33.8. The van der Waals surface area contributed by atoms with E-state index in [4.69, 9.17) is 14.6 Å². The average Bonchev–Trinajstić information content (AvgIpc) is 2.71. The molecule has 0 amide bonds. The molecule has 158 valence electrons. The Morgan fingerprint density at radius 3 is 2.41 bits per heavy atom. The second kappa shape index (κ2) is 10.2. The van der Waals surface area contributed by atoms with Gasteiger partial charge in [0.15, 0.2) is 5.75 Å². The van der Waals surface area contributed by atoms with E-state index in [9.17, 15) is 15.2 Å². The van der Waals surface area contributed by atoms with E-state index in [1.807, 2.05) is 38.1 Å². The zero-order valence-electron chi connectivity index (χ0n) is 16.9. The lowest BCUT2D eigenvalue weighted by Crippen LogP contribution is -2.46. The van der Waals surface area contributed by atoms with Gasteiger partial charge in [0.2, 0.25) is 0 Å². The molecule has 0 aliphatic heterocycles. The smallest absolute Gasteiger partial charge is 0.311 e. The van der Waals surface area contributed by atoms with Gasteiger partial charge in [-0.3, -0.25) is 10.1 Å². The molecule has 0 spiro atoms. The van der Waals surface area contributed by atoms with Crippen LogP contribution in [0.25, 0.3) is 0 Å². The van der Waals surface area contributed by atoms with Crippen molar-refractivity contribution in [2.75, 3.05) is 20.3 Å². The largest absolute Gasteiger partial charge is 0.497 e. The van der Waals surface area contributed by atoms with Gasteiger partial charge in [-0.15, -0.1) is 0 Å². The van der Waals surface area contributed by atoms with Crippen LogP contribution >= 0.6 is 0 Å². The van der Waals surface area contributed by atoms with Gasteiger partial charge in [-0.1, -0.05) is 18.2 Å². The van der Waals surface area contributed by atoms with E-state index >= 15 is 0 Å². The molecule has 8 nitrogen and oxygen atoms in total. The standard InChI is InChI=1S/C21H28N2O6/c1-21(2,11-15-4-7-18(28-3)8-5-15)22-12-17(25)14-29-20-9-6-16(13-24)10-19(20)23(26)27/h4-10,17,22,24-25H,11-14H2,1-3H3/t17-/m1/s1. The summed E-state index contributed by atoms with van der Waals surface area (Å²) in [6.45, 7) is 3.94. The summed E-state index contributed by atoms with van der Waals surface area (Å²) in [5.41, 5.74) is 1.04. The third-order valence-corrected chi connectivity index (χ3v) is 4.46. The van der Waals surface area contributed by atoms with Crippen molar-refractivity contribution in [3.05, 3.63) is 63.7 Å². The maximum Gasteiger partial charge on any atom is 0.311 e. The van der Waals surface area contributed by atoms with Crippen LogP contribution in [0.4, 0.5) is 5.69 Å². The molecule has 2 aromatic carbocycles. The van der Waals surface area contributed by atoms with Gasteiger partial charge >= 0.3 is 5.69 Å². The molecule has 0 aliphatic rings. The first-order valence-electron chi connectivity index (χ1n) is 9.31. The quantitative estimate of drug-likeness (QED) is 0.389. The van der Waals surface area contributed by atoms with E-state index in [0.29, 0.717) is 5.56 Å². The lowest BCUT2D eigenvalue weighted by atomic mass is 9.94. The monoisotopic (exact) mass is 404 g/mol. The van der Waals surface area contributed by atoms with Crippen molar-refractivity contribution in [3.8, 4) is 11.5 Å². The van der Waals surface area contributed by atoms with Gasteiger partial charge in [0, 0.05) is 18.2 Å². The molecule has 0 aromatic heterocycles. The SMILES string of the molecule is COc1ccc(CC(C)(C)NC[C@@H](O)COc2ccc(CO)cc2[N+](=O)[O-])cc1. The molecule has 0 heterocycles. The Morgan fingerprint density at radius 2 is 1.83 bits per heavy atom. The second-order valence-electron chi connectivity index (χ2n) is 7.47. The maximum atomic E-state index is 11.2. The molecule has 0 unspecified atom stereocenters. The predicted molar refractivity (Wildman–Crippen MR) is 109 cm³/mol. The van der Waals surface area contributed by atoms with Crippen molar-refractivity contribution in [2.24, 2.45) is 0 Å². The fraction of sp³-hybridized carbons (Fsp3) is 0.429. The van der Waals surface area contributed by atoms with Crippen molar-refractivity contribution >= 4 is 5.69 Å². The number of ether oxygens (including phenoxy) is 2. The van der Waals surface area contributed by atoms with E-state index < -0.39 is 11.0 Å². The van der Waals surface area contributed by atoms with Crippen molar-refractivity contribution in [2.45, 2.75) is 38.5 Å². The normalized spacial score (nSPS) is 12.4. The minimum atomic E-state index is -0.845. The van der Waals surface area contributed by atoms with Crippen LogP contribution in [-0.4, -0.2) is 47.0 Å². The van der Waals surface area contributed by atoms with Crippen molar-refractivity contribution in [1.82, 2.24) is 5.32 Å². The van der Waals surface area contributed by atoms with Crippen LogP contribution in [0.5, 0.6) is 11.5 Å². The van der Waals surface area contributed by atoms with E-state index in [1.54, 1.807) is 13.2 Å². The molecular formula is C21H28N2O6. The molecule has 0 fully saturated rings. The molecule has 0 saturated heterocycles. The van der Waals surface area contributed by atoms with Crippen LogP contribution in [0.2, 0.25) is 0 Å². The summed E-state index contributed by atoms with van der Waals surface area (Å²) in [4.78, 5) is 10.6. The Bertz CT molecular complexity index is 807. The molecule has 0 aliphatic carbocycles. The minimum Gasteiger partial charge on any atom is -0.497 e. The number of benzene rings is 2. The lowest BCUT2D eigenvalue weighted by molar-refractivity contribution is -0.386. The maximum absolute atomic E-state index is 11.2. The number of β-amino-alcohol motifs (C(OH)–C–C–N with tert-alkyl or cyclic N) is 1. The molecule has 3 N–H and O–H groups in total.